The lowest BCUT2D eigenvalue weighted by atomic mass is 9.92. The van der Waals surface area contributed by atoms with Gasteiger partial charge in [0, 0.05) is 27.6 Å². The molecule has 160 valence electrons. The molecule has 2 unspecified atom stereocenters. The van der Waals surface area contributed by atoms with Crippen LogP contribution in [0.5, 0.6) is 5.75 Å². The van der Waals surface area contributed by atoms with E-state index >= 15 is 0 Å². The molecule has 0 bridgehead atoms. The Balaban J connectivity index is 1.76. The number of nitrogens with one attached hydrogen (secondary N) is 1. The highest BCUT2D eigenvalue weighted by Crippen LogP contribution is 2.40. The predicted octanol–water partition coefficient (Wildman–Crippen LogP) is 4.74. The fourth-order valence-corrected chi connectivity index (χ4v) is 4.32. The summed E-state index contributed by atoms with van der Waals surface area (Å²) in [6, 6.07) is 11.8. The number of fused-ring (bicyclic) bond motifs is 3. The first-order valence-corrected chi connectivity index (χ1v) is 10.2. The third-order valence-electron chi connectivity index (χ3n) is 5.18. The van der Waals surface area contributed by atoms with E-state index in [2.05, 4.69) is 25.7 Å². The van der Waals surface area contributed by atoms with Crippen molar-refractivity contribution in [3.8, 4) is 5.75 Å². The molecule has 0 amide bonds. The van der Waals surface area contributed by atoms with E-state index in [0.717, 1.165) is 32.2 Å². The van der Waals surface area contributed by atoms with Crippen molar-refractivity contribution in [3.63, 3.8) is 0 Å². The largest absolute Gasteiger partial charge is 0.435 e. The number of ether oxygens (including phenoxy) is 2. The molecule has 0 saturated heterocycles. The number of benzene rings is 2. The molecule has 2 heterocycles. The van der Waals surface area contributed by atoms with Crippen molar-refractivity contribution < 1.29 is 27.8 Å². The van der Waals surface area contributed by atoms with Crippen LogP contribution in [0.15, 0.2) is 46.9 Å². The number of alkyl halides is 3. The van der Waals surface area contributed by atoms with Crippen LogP contribution in [-0.2, 0) is 11.2 Å². The van der Waals surface area contributed by atoms with Crippen LogP contribution in [0, 0.1) is 0 Å². The fourth-order valence-electron chi connectivity index (χ4n) is 3.96. The van der Waals surface area contributed by atoms with Gasteiger partial charge in [0.2, 0.25) is 6.41 Å². The number of aliphatic hydroxyl groups is 1. The maximum absolute atomic E-state index is 12.6. The normalized spacial score (nSPS) is 18.0. The monoisotopic (exact) mass is 484 g/mol. The number of aliphatic hydroxyl groups excluding tert-OH is 1. The third kappa shape index (κ3) is 4.20. The Bertz CT molecular complexity index is 1010. The lowest BCUT2D eigenvalue weighted by molar-refractivity contribution is -0.205. The first-order valence-electron chi connectivity index (χ1n) is 9.44. The molecule has 1 aliphatic rings. The summed E-state index contributed by atoms with van der Waals surface area (Å²) in [6.45, 7) is -3.36. The zero-order valence-corrected chi connectivity index (χ0v) is 17.4. The summed E-state index contributed by atoms with van der Waals surface area (Å²) < 4.78 is 48.1. The molecule has 2 aromatic carbocycles. The summed E-state index contributed by atoms with van der Waals surface area (Å²) in [6.07, 6.45) is -0.648. The van der Waals surface area contributed by atoms with E-state index in [-0.39, 0.29) is 12.4 Å². The van der Waals surface area contributed by atoms with Crippen molar-refractivity contribution in [2.24, 2.45) is 0 Å². The van der Waals surface area contributed by atoms with E-state index in [1.165, 1.54) is 12.1 Å². The standard InChI is InChI=1S/C21H20BrF3N2O3/c22-13-3-6-15-16-7-9-27(21(28)29-10-8-23)19(18(16)26-17(15)11-13)12-1-4-14(5-2-12)30-20(24)25/h1-6,11,19-21,26,28H,7-10H2. The van der Waals surface area contributed by atoms with Crippen molar-refractivity contribution >= 4 is 26.8 Å². The molecule has 5 nitrogen and oxygen atoms in total. The summed E-state index contributed by atoms with van der Waals surface area (Å²) in [7, 11) is 0. The Labute approximate surface area is 179 Å². The minimum atomic E-state index is -2.91. The van der Waals surface area contributed by atoms with E-state index in [0.29, 0.717) is 13.0 Å². The Morgan fingerprint density at radius 2 is 1.97 bits per heavy atom. The Morgan fingerprint density at radius 3 is 2.67 bits per heavy atom. The molecule has 2 atom stereocenters. The molecule has 0 spiro atoms. The quantitative estimate of drug-likeness (QED) is 0.475. The topological polar surface area (TPSA) is 57.7 Å². The average Bonchev–Trinajstić information content (AvgIpc) is 3.09. The highest BCUT2D eigenvalue weighted by molar-refractivity contribution is 9.10. The van der Waals surface area contributed by atoms with E-state index in [1.807, 2.05) is 18.2 Å². The molecule has 0 saturated carbocycles. The molecule has 30 heavy (non-hydrogen) atoms. The van der Waals surface area contributed by atoms with Gasteiger partial charge in [0.1, 0.15) is 12.4 Å². The van der Waals surface area contributed by atoms with Crippen molar-refractivity contribution in [3.05, 3.63) is 63.8 Å². The van der Waals surface area contributed by atoms with Gasteiger partial charge in [0.15, 0.2) is 0 Å². The Hall–Kier alpha value is -2.07. The molecular formula is C21H20BrF3N2O3. The second-order valence-corrected chi connectivity index (χ2v) is 7.85. The molecule has 1 aliphatic heterocycles. The number of hydrogen-bond acceptors (Lipinski definition) is 4. The Kier molecular flexibility index (Phi) is 6.33. The van der Waals surface area contributed by atoms with E-state index < -0.39 is 25.7 Å². The highest BCUT2D eigenvalue weighted by Gasteiger charge is 2.35. The van der Waals surface area contributed by atoms with Gasteiger partial charge in [-0.2, -0.15) is 8.78 Å². The molecule has 3 aromatic rings. The van der Waals surface area contributed by atoms with Gasteiger partial charge in [0.05, 0.1) is 12.6 Å². The molecule has 0 radical (unpaired) electrons. The molecule has 0 fully saturated rings. The minimum Gasteiger partial charge on any atom is -0.435 e. The van der Waals surface area contributed by atoms with Gasteiger partial charge in [-0.05, 0) is 41.8 Å². The van der Waals surface area contributed by atoms with Crippen molar-refractivity contribution in [1.82, 2.24) is 9.88 Å². The summed E-state index contributed by atoms with van der Waals surface area (Å²) in [4.78, 5) is 5.14. The number of nitrogens with zero attached hydrogens (tertiary/aromatic N) is 1. The maximum atomic E-state index is 12.6. The van der Waals surface area contributed by atoms with E-state index in [4.69, 9.17) is 4.74 Å². The minimum absolute atomic E-state index is 0.0474. The van der Waals surface area contributed by atoms with Gasteiger partial charge >= 0.3 is 6.61 Å². The Morgan fingerprint density at radius 1 is 1.20 bits per heavy atom. The molecule has 4 rings (SSSR count). The van der Waals surface area contributed by atoms with Gasteiger partial charge in [-0.1, -0.05) is 34.1 Å². The number of halogens is 4. The summed E-state index contributed by atoms with van der Waals surface area (Å²) in [5, 5.41) is 11.6. The zero-order chi connectivity index (χ0) is 21.3. The van der Waals surface area contributed by atoms with E-state index in [1.54, 1.807) is 17.0 Å². The van der Waals surface area contributed by atoms with Gasteiger partial charge in [-0.3, -0.25) is 0 Å². The second kappa shape index (κ2) is 8.97. The SMILES string of the molecule is OC(OCCF)N1CCc2c([nH]c3cc(Br)ccc23)C1c1ccc(OC(F)F)cc1. The first kappa shape index (κ1) is 21.2. The van der Waals surface area contributed by atoms with Crippen LogP contribution in [0.2, 0.25) is 0 Å². The molecule has 0 aliphatic carbocycles. The fraction of sp³-hybridized carbons (Fsp3) is 0.333. The van der Waals surface area contributed by atoms with Crippen molar-refractivity contribution in [2.45, 2.75) is 25.5 Å². The van der Waals surface area contributed by atoms with Gasteiger partial charge in [-0.25, -0.2) is 9.29 Å². The van der Waals surface area contributed by atoms with Crippen molar-refractivity contribution in [2.75, 3.05) is 19.8 Å². The van der Waals surface area contributed by atoms with Crippen LogP contribution in [0.25, 0.3) is 10.9 Å². The van der Waals surface area contributed by atoms with Crippen LogP contribution in [0.1, 0.15) is 22.9 Å². The second-order valence-electron chi connectivity index (χ2n) is 6.93. The van der Waals surface area contributed by atoms with Crippen LogP contribution >= 0.6 is 15.9 Å². The third-order valence-corrected chi connectivity index (χ3v) is 5.67. The number of H-pyrrole nitrogens is 1. The van der Waals surface area contributed by atoms with Gasteiger partial charge in [-0.15, -0.1) is 0 Å². The van der Waals surface area contributed by atoms with Crippen LogP contribution in [0.3, 0.4) is 0 Å². The lowest BCUT2D eigenvalue weighted by Crippen LogP contribution is -2.44. The van der Waals surface area contributed by atoms with E-state index in [9.17, 15) is 18.3 Å². The summed E-state index contributed by atoms with van der Waals surface area (Å²) in [5.41, 5.74) is 3.69. The number of rotatable bonds is 7. The molecular weight excluding hydrogens is 465 g/mol. The average molecular weight is 485 g/mol. The smallest absolute Gasteiger partial charge is 0.387 e. The number of hydrogen-bond donors (Lipinski definition) is 2. The first-order chi connectivity index (χ1) is 14.5. The zero-order valence-electron chi connectivity index (χ0n) is 15.8. The molecule has 1 aromatic heterocycles. The summed E-state index contributed by atoms with van der Waals surface area (Å²) in [5.74, 6) is 0.0474. The predicted molar refractivity (Wildman–Crippen MR) is 109 cm³/mol. The van der Waals surface area contributed by atoms with Crippen LogP contribution < -0.4 is 4.74 Å². The lowest BCUT2D eigenvalue weighted by Gasteiger charge is -2.38. The maximum Gasteiger partial charge on any atom is 0.387 e. The van der Waals surface area contributed by atoms with Gasteiger partial charge in [0.25, 0.3) is 0 Å². The number of aromatic nitrogens is 1. The molecule has 2 N–H and O–H groups in total. The van der Waals surface area contributed by atoms with Crippen LogP contribution in [0.4, 0.5) is 13.2 Å². The highest BCUT2D eigenvalue weighted by atomic mass is 79.9. The summed E-state index contributed by atoms with van der Waals surface area (Å²) >= 11 is 3.48. The van der Waals surface area contributed by atoms with Gasteiger partial charge < -0.3 is 19.6 Å². The molecule has 9 heteroatoms. The van der Waals surface area contributed by atoms with Crippen molar-refractivity contribution in [1.29, 1.82) is 0 Å². The number of aromatic amines is 1. The van der Waals surface area contributed by atoms with Crippen LogP contribution in [-0.4, -0.2) is 47.8 Å².